The molecule has 1 fully saturated rings. The van der Waals surface area contributed by atoms with Gasteiger partial charge in [0.25, 0.3) is 0 Å². The SMILES string of the molecule is CC(C)(C)OC(=O)N1C[C@H](Oc2nc3ccccc3cc2Br)C[C@H]1C(=O)O. The summed E-state index contributed by atoms with van der Waals surface area (Å²) in [5, 5.41) is 10.4. The van der Waals surface area contributed by atoms with Crippen LogP contribution in [0.3, 0.4) is 0 Å². The van der Waals surface area contributed by atoms with Crippen LogP contribution in [-0.2, 0) is 9.53 Å². The van der Waals surface area contributed by atoms with Crippen molar-refractivity contribution in [3.8, 4) is 5.88 Å². The van der Waals surface area contributed by atoms with Crippen LogP contribution in [0.2, 0.25) is 0 Å². The third-order valence-electron chi connectivity index (χ3n) is 4.10. The van der Waals surface area contributed by atoms with Crippen LogP contribution in [0.5, 0.6) is 5.88 Å². The number of hydrogen-bond donors (Lipinski definition) is 1. The number of amides is 1. The molecule has 0 bridgehead atoms. The number of hydrogen-bond acceptors (Lipinski definition) is 5. The molecule has 1 aromatic heterocycles. The van der Waals surface area contributed by atoms with Crippen LogP contribution in [0, 0.1) is 0 Å². The quantitative estimate of drug-likeness (QED) is 0.785. The molecule has 1 saturated heterocycles. The summed E-state index contributed by atoms with van der Waals surface area (Å²) >= 11 is 3.44. The van der Waals surface area contributed by atoms with E-state index < -0.39 is 29.8 Å². The maximum absolute atomic E-state index is 12.4. The third-order valence-corrected chi connectivity index (χ3v) is 4.67. The zero-order valence-electron chi connectivity index (χ0n) is 15.3. The topological polar surface area (TPSA) is 89.0 Å². The molecule has 0 radical (unpaired) electrons. The van der Waals surface area contributed by atoms with E-state index in [0.717, 1.165) is 10.9 Å². The van der Waals surface area contributed by atoms with Crippen LogP contribution in [0.25, 0.3) is 10.9 Å². The lowest BCUT2D eigenvalue weighted by atomic mass is 10.2. The molecule has 1 aliphatic rings. The Kier molecular flexibility index (Phi) is 5.28. The van der Waals surface area contributed by atoms with Crippen molar-refractivity contribution < 1.29 is 24.2 Å². The summed E-state index contributed by atoms with van der Waals surface area (Å²) < 4.78 is 11.9. The van der Waals surface area contributed by atoms with E-state index in [1.165, 1.54) is 4.90 Å². The number of fused-ring (bicyclic) bond motifs is 1. The van der Waals surface area contributed by atoms with Crippen molar-refractivity contribution in [2.45, 2.75) is 44.9 Å². The van der Waals surface area contributed by atoms with Gasteiger partial charge in [0.15, 0.2) is 0 Å². The Hall–Kier alpha value is -2.35. The van der Waals surface area contributed by atoms with Gasteiger partial charge in [-0.25, -0.2) is 14.6 Å². The van der Waals surface area contributed by atoms with Gasteiger partial charge in [-0.05, 0) is 48.8 Å². The predicted molar refractivity (Wildman–Crippen MR) is 103 cm³/mol. The predicted octanol–water partition coefficient (Wildman–Crippen LogP) is 3.84. The van der Waals surface area contributed by atoms with Crippen molar-refractivity contribution >= 4 is 38.9 Å². The molecular weight excluding hydrogens is 416 g/mol. The number of halogens is 1. The van der Waals surface area contributed by atoms with Gasteiger partial charge in [0, 0.05) is 11.8 Å². The Morgan fingerprint density at radius 2 is 2.00 bits per heavy atom. The molecule has 2 aromatic rings. The van der Waals surface area contributed by atoms with E-state index >= 15 is 0 Å². The second-order valence-corrected chi connectivity index (χ2v) is 8.28. The molecule has 8 heteroatoms. The van der Waals surface area contributed by atoms with Gasteiger partial charge in [0.05, 0.1) is 16.5 Å². The highest BCUT2D eigenvalue weighted by Gasteiger charge is 2.43. The highest BCUT2D eigenvalue weighted by atomic mass is 79.9. The largest absolute Gasteiger partial charge is 0.480 e. The fraction of sp³-hybridized carbons (Fsp3) is 0.421. The third kappa shape index (κ3) is 4.50. The van der Waals surface area contributed by atoms with E-state index in [-0.39, 0.29) is 13.0 Å². The van der Waals surface area contributed by atoms with Crippen LogP contribution in [0.4, 0.5) is 4.79 Å². The first-order chi connectivity index (χ1) is 12.6. The Bertz CT molecular complexity index is 880. The molecule has 144 valence electrons. The van der Waals surface area contributed by atoms with E-state index in [9.17, 15) is 14.7 Å². The monoisotopic (exact) mass is 436 g/mol. The summed E-state index contributed by atoms with van der Waals surface area (Å²) in [6.45, 7) is 5.33. The molecule has 1 aromatic carbocycles. The highest BCUT2D eigenvalue weighted by Crippen LogP contribution is 2.31. The minimum absolute atomic E-state index is 0.118. The zero-order chi connectivity index (χ0) is 19.8. The van der Waals surface area contributed by atoms with Crippen LogP contribution >= 0.6 is 15.9 Å². The van der Waals surface area contributed by atoms with E-state index in [1.807, 2.05) is 30.3 Å². The van der Waals surface area contributed by atoms with Crippen LogP contribution in [-0.4, -0.2) is 51.3 Å². The Morgan fingerprint density at radius 1 is 1.30 bits per heavy atom. The lowest BCUT2D eigenvalue weighted by molar-refractivity contribution is -0.142. The molecule has 3 rings (SSSR count). The van der Waals surface area contributed by atoms with Crippen molar-refractivity contribution in [1.29, 1.82) is 0 Å². The van der Waals surface area contributed by atoms with E-state index in [2.05, 4.69) is 20.9 Å². The standard InChI is InChI=1S/C19H21BrN2O5/c1-19(2,3)27-18(25)22-10-12(9-15(22)17(23)24)26-16-13(20)8-11-6-4-5-7-14(11)21-16/h4-8,12,15H,9-10H2,1-3H3,(H,23,24)/t12-,15+/m1/s1. The summed E-state index contributed by atoms with van der Waals surface area (Å²) in [6, 6.07) is 8.52. The van der Waals surface area contributed by atoms with Crippen LogP contribution in [0.15, 0.2) is 34.8 Å². The molecule has 1 N–H and O–H groups in total. The molecule has 0 saturated carbocycles. The van der Waals surface area contributed by atoms with Gasteiger partial charge >= 0.3 is 12.1 Å². The van der Waals surface area contributed by atoms with Crippen molar-refractivity contribution in [3.63, 3.8) is 0 Å². The minimum Gasteiger partial charge on any atom is -0.480 e. The number of para-hydroxylation sites is 1. The fourth-order valence-corrected chi connectivity index (χ4v) is 3.38. The lowest BCUT2D eigenvalue weighted by Gasteiger charge is -2.26. The van der Waals surface area contributed by atoms with Crippen molar-refractivity contribution in [3.05, 3.63) is 34.8 Å². The minimum atomic E-state index is -1.09. The first-order valence-corrected chi connectivity index (χ1v) is 9.38. The number of benzene rings is 1. The van der Waals surface area contributed by atoms with Crippen molar-refractivity contribution in [2.75, 3.05) is 6.54 Å². The van der Waals surface area contributed by atoms with E-state index in [0.29, 0.717) is 10.4 Å². The van der Waals surface area contributed by atoms with Gasteiger partial charge in [-0.2, -0.15) is 0 Å². The lowest BCUT2D eigenvalue weighted by Crippen LogP contribution is -2.43. The summed E-state index contributed by atoms with van der Waals surface area (Å²) in [7, 11) is 0. The van der Waals surface area contributed by atoms with Gasteiger partial charge in [0.2, 0.25) is 5.88 Å². The van der Waals surface area contributed by atoms with Gasteiger partial charge in [-0.3, -0.25) is 4.90 Å². The number of aromatic nitrogens is 1. The molecule has 0 aliphatic carbocycles. The number of carboxylic acid groups (broad SMARTS) is 1. The van der Waals surface area contributed by atoms with Gasteiger partial charge in [0.1, 0.15) is 17.7 Å². The van der Waals surface area contributed by atoms with Crippen LogP contribution < -0.4 is 4.74 Å². The Labute approximate surface area is 165 Å². The molecule has 1 amide bonds. The van der Waals surface area contributed by atoms with Gasteiger partial charge in [-0.1, -0.05) is 18.2 Å². The van der Waals surface area contributed by atoms with Gasteiger partial charge in [-0.15, -0.1) is 0 Å². The maximum atomic E-state index is 12.4. The molecule has 0 spiro atoms. The summed E-state index contributed by atoms with van der Waals surface area (Å²) in [5.41, 5.74) is 0.0645. The molecule has 2 atom stereocenters. The first kappa shape index (κ1) is 19.4. The Balaban J connectivity index is 1.79. The molecule has 0 unspecified atom stereocenters. The number of rotatable bonds is 3. The summed E-state index contributed by atoms with van der Waals surface area (Å²) in [6.07, 6.45) is -0.995. The normalized spacial score (nSPS) is 19.9. The van der Waals surface area contributed by atoms with E-state index in [4.69, 9.17) is 9.47 Å². The number of aliphatic carboxylic acids is 1. The van der Waals surface area contributed by atoms with Crippen molar-refractivity contribution in [2.24, 2.45) is 0 Å². The Morgan fingerprint density at radius 3 is 2.67 bits per heavy atom. The molecule has 1 aliphatic heterocycles. The number of carbonyl (C=O) groups excluding carboxylic acids is 1. The number of nitrogens with zero attached hydrogens (tertiary/aromatic N) is 2. The van der Waals surface area contributed by atoms with Gasteiger partial charge < -0.3 is 14.6 Å². The van der Waals surface area contributed by atoms with Crippen LogP contribution in [0.1, 0.15) is 27.2 Å². The molecular formula is C19H21BrN2O5. The highest BCUT2D eigenvalue weighted by molar-refractivity contribution is 9.10. The molecule has 7 nitrogen and oxygen atoms in total. The fourth-order valence-electron chi connectivity index (χ4n) is 2.95. The second kappa shape index (κ2) is 7.34. The number of carbonyl (C=O) groups is 2. The number of likely N-dealkylation sites (tertiary alicyclic amines) is 1. The summed E-state index contributed by atoms with van der Waals surface area (Å²) in [4.78, 5) is 29.7. The molecule has 27 heavy (non-hydrogen) atoms. The average molecular weight is 437 g/mol. The number of ether oxygens (including phenoxy) is 2. The number of carboxylic acids is 1. The van der Waals surface area contributed by atoms with Crippen molar-refractivity contribution in [1.82, 2.24) is 9.88 Å². The first-order valence-electron chi connectivity index (χ1n) is 8.58. The second-order valence-electron chi connectivity index (χ2n) is 7.43. The molecule has 2 heterocycles. The smallest absolute Gasteiger partial charge is 0.411 e. The maximum Gasteiger partial charge on any atom is 0.411 e. The zero-order valence-corrected chi connectivity index (χ0v) is 16.9. The van der Waals surface area contributed by atoms with E-state index in [1.54, 1.807) is 20.8 Å². The summed E-state index contributed by atoms with van der Waals surface area (Å²) in [5.74, 6) is -0.716. The number of pyridine rings is 1. The average Bonchev–Trinajstić information content (AvgIpc) is 2.98.